The van der Waals surface area contributed by atoms with Crippen LogP contribution in [-0.2, 0) is 6.54 Å². The Morgan fingerprint density at radius 1 is 1.25 bits per heavy atom. The van der Waals surface area contributed by atoms with Gasteiger partial charge in [0.05, 0.1) is 6.54 Å². The molecule has 0 saturated heterocycles. The van der Waals surface area contributed by atoms with Gasteiger partial charge in [0.1, 0.15) is 0 Å². The van der Waals surface area contributed by atoms with Gasteiger partial charge in [0.25, 0.3) is 5.91 Å². The zero-order valence-corrected chi connectivity index (χ0v) is 13.5. The predicted octanol–water partition coefficient (Wildman–Crippen LogP) is 2.34. The van der Waals surface area contributed by atoms with Crippen LogP contribution in [-0.4, -0.2) is 32.0 Å². The molecule has 0 aliphatic carbocycles. The van der Waals surface area contributed by atoms with E-state index in [0.29, 0.717) is 24.6 Å². The van der Waals surface area contributed by atoms with Gasteiger partial charge in [0.15, 0.2) is 11.5 Å². The van der Waals surface area contributed by atoms with Crippen molar-refractivity contribution in [3.05, 3.63) is 78.3 Å². The van der Waals surface area contributed by atoms with E-state index >= 15 is 0 Å². The smallest absolute Gasteiger partial charge is 0.276 e. The summed E-state index contributed by atoms with van der Waals surface area (Å²) in [6, 6.07) is 12.0. The van der Waals surface area contributed by atoms with Crippen LogP contribution < -0.4 is 5.32 Å². The first-order valence-electron chi connectivity index (χ1n) is 7.70. The fraction of sp³-hybridized carbons (Fsp3) is 0.167. The fourth-order valence-electron chi connectivity index (χ4n) is 2.41. The maximum Gasteiger partial charge on any atom is 0.276 e. The molecule has 0 aliphatic rings. The molecule has 0 fully saturated rings. The average Bonchev–Trinajstić information content (AvgIpc) is 3.24. The van der Waals surface area contributed by atoms with Crippen molar-refractivity contribution in [1.82, 2.24) is 24.9 Å². The van der Waals surface area contributed by atoms with Crippen LogP contribution in [0.15, 0.2) is 61.4 Å². The molecule has 0 bridgehead atoms. The largest absolute Gasteiger partial charge is 0.347 e. The second-order valence-corrected chi connectivity index (χ2v) is 5.49. The number of rotatable bonds is 6. The van der Waals surface area contributed by atoms with Crippen molar-refractivity contribution in [2.45, 2.75) is 13.5 Å². The highest BCUT2D eigenvalue weighted by molar-refractivity contribution is 5.95. The highest BCUT2D eigenvalue weighted by Gasteiger charge is 2.20. The minimum absolute atomic E-state index is 0.270. The summed E-state index contributed by atoms with van der Waals surface area (Å²) in [5.41, 5.74) is 2.59. The normalized spacial score (nSPS) is 10.5. The van der Waals surface area contributed by atoms with E-state index in [1.165, 1.54) is 5.56 Å². The van der Waals surface area contributed by atoms with Gasteiger partial charge in [-0.3, -0.25) is 4.79 Å². The number of nitrogens with zero attached hydrogens (tertiary/aromatic N) is 4. The number of carbonyl (C=O) groups is 1. The van der Waals surface area contributed by atoms with Crippen LogP contribution in [0.5, 0.6) is 0 Å². The number of benzene rings is 1. The van der Waals surface area contributed by atoms with Crippen molar-refractivity contribution in [2.75, 3.05) is 6.54 Å². The molecule has 6 heteroatoms. The van der Waals surface area contributed by atoms with E-state index in [1.807, 2.05) is 48.1 Å². The van der Waals surface area contributed by atoms with Gasteiger partial charge in [-0.2, -0.15) is 0 Å². The standard InChI is InChI=1S/C18H19N5O/c1-3-10-19-17(24)16-18(22-11-4-5-12-22)23(21-20-16)13-15-8-6-14(2)7-9-15/h3-9,11-12H,1,10,13H2,2H3,(H,19,24). The Labute approximate surface area is 140 Å². The molecule has 0 atom stereocenters. The lowest BCUT2D eigenvalue weighted by molar-refractivity contribution is 0.0953. The topological polar surface area (TPSA) is 64.7 Å². The molecule has 0 aliphatic heterocycles. The zero-order chi connectivity index (χ0) is 16.9. The Kier molecular flexibility index (Phi) is 4.56. The minimum atomic E-state index is -0.270. The SMILES string of the molecule is C=CCNC(=O)c1nnn(Cc2ccc(C)cc2)c1-n1cccc1. The number of hydrogen-bond acceptors (Lipinski definition) is 3. The van der Waals surface area contributed by atoms with Crippen LogP contribution in [0.2, 0.25) is 0 Å². The van der Waals surface area contributed by atoms with E-state index in [0.717, 1.165) is 5.56 Å². The van der Waals surface area contributed by atoms with E-state index in [4.69, 9.17) is 0 Å². The third-order valence-corrected chi connectivity index (χ3v) is 3.63. The van der Waals surface area contributed by atoms with E-state index in [-0.39, 0.29) is 5.91 Å². The third kappa shape index (κ3) is 3.27. The van der Waals surface area contributed by atoms with Crippen LogP contribution >= 0.6 is 0 Å². The van der Waals surface area contributed by atoms with Gasteiger partial charge >= 0.3 is 0 Å². The van der Waals surface area contributed by atoms with Gasteiger partial charge in [0, 0.05) is 18.9 Å². The van der Waals surface area contributed by atoms with Gasteiger partial charge in [-0.25, -0.2) is 4.68 Å². The van der Waals surface area contributed by atoms with Gasteiger partial charge in [0.2, 0.25) is 0 Å². The maximum atomic E-state index is 12.3. The van der Waals surface area contributed by atoms with Crippen LogP contribution in [0.3, 0.4) is 0 Å². The van der Waals surface area contributed by atoms with Crippen LogP contribution in [0, 0.1) is 6.92 Å². The first kappa shape index (κ1) is 15.7. The zero-order valence-electron chi connectivity index (χ0n) is 13.5. The Balaban J connectivity index is 1.97. The number of amides is 1. The predicted molar refractivity (Wildman–Crippen MR) is 92.2 cm³/mol. The van der Waals surface area contributed by atoms with Crippen LogP contribution in [0.1, 0.15) is 21.6 Å². The average molecular weight is 321 g/mol. The molecule has 0 unspecified atom stereocenters. The molecule has 2 heterocycles. The third-order valence-electron chi connectivity index (χ3n) is 3.63. The Morgan fingerprint density at radius 3 is 2.62 bits per heavy atom. The Morgan fingerprint density at radius 2 is 1.96 bits per heavy atom. The molecular weight excluding hydrogens is 302 g/mol. The lowest BCUT2D eigenvalue weighted by Gasteiger charge is -2.09. The van der Waals surface area contributed by atoms with Crippen molar-refractivity contribution >= 4 is 5.91 Å². The van der Waals surface area contributed by atoms with E-state index in [9.17, 15) is 4.79 Å². The Bertz CT molecular complexity index is 831. The summed E-state index contributed by atoms with van der Waals surface area (Å²) in [5, 5.41) is 11.0. The number of aromatic nitrogens is 4. The first-order valence-corrected chi connectivity index (χ1v) is 7.70. The van der Waals surface area contributed by atoms with E-state index in [2.05, 4.69) is 34.3 Å². The van der Waals surface area contributed by atoms with E-state index in [1.54, 1.807) is 10.8 Å². The first-order chi connectivity index (χ1) is 11.7. The highest BCUT2D eigenvalue weighted by Crippen LogP contribution is 2.15. The summed E-state index contributed by atoms with van der Waals surface area (Å²) in [6.45, 7) is 6.57. The summed E-state index contributed by atoms with van der Waals surface area (Å²) >= 11 is 0. The summed E-state index contributed by atoms with van der Waals surface area (Å²) in [6.07, 6.45) is 5.37. The molecule has 1 amide bonds. The molecule has 0 radical (unpaired) electrons. The van der Waals surface area contributed by atoms with Gasteiger partial charge in [-0.05, 0) is 24.6 Å². The van der Waals surface area contributed by atoms with Gasteiger partial charge in [-0.1, -0.05) is 41.1 Å². The molecule has 3 rings (SSSR count). The number of hydrogen-bond donors (Lipinski definition) is 1. The molecule has 1 N–H and O–H groups in total. The van der Waals surface area contributed by atoms with Crippen molar-refractivity contribution in [3.8, 4) is 5.82 Å². The second kappa shape index (κ2) is 6.95. The lowest BCUT2D eigenvalue weighted by atomic mass is 10.1. The van der Waals surface area contributed by atoms with Gasteiger partial charge in [-0.15, -0.1) is 11.7 Å². The highest BCUT2D eigenvalue weighted by atomic mass is 16.2. The molecule has 1 aromatic carbocycles. The lowest BCUT2D eigenvalue weighted by Crippen LogP contribution is -2.25. The summed E-state index contributed by atoms with van der Waals surface area (Å²) in [7, 11) is 0. The molecule has 6 nitrogen and oxygen atoms in total. The minimum Gasteiger partial charge on any atom is -0.347 e. The molecule has 2 aromatic heterocycles. The summed E-state index contributed by atoms with van der Waals surface area (Å²) in [4.78, 5) is 12.3. The number of carbonyl (C=O) groups excluding carboxylic acids is 1. The van der Waals surface area contributed by atoms with Crippen molar-refractivity contribution < 1.29 is 4.79 Å². The van der Waals surface area contributed by atoms with Crippen LogP contribution in [0.25, 0.3) is 5.82 Å². The Hall–Kier alpha value is -3.15. The molecule has 0 spiro atoms. The number of nitrogens with one attached hydrogen (secondary N) is 1. The maximum absolute atomic E-state index is 12.3. The fourth-order valence-corrected chi connectivity index (χ4v) is 2.41. The summed E-state index contributed by atoms with van der Waals surface area (Å²) < 4.78 is 3.57. The van der Waals surface area contributed by atoms with Crippen LogP contribution in [0.4, 0.5) is 0 Å². The number of aryl methyl sites for hydroxylation is 1. The second-order valence-electron chi connectivity index (χ2n) is 5.49. The monoisotopic (exact) mass is 321 g/mol. The molecular formula is C18H19N5O. The van der Waals surface area contributed by atoms with Crippen molar-refractivity contribution in [3.63, 3.8) is 0 Å². The molecule has 0 saturated carbocycles. The summed E-state index contributed by atoms with van der Waals surface area (Å²) in [5.74, 6) is 0.371. The van der Waals surface area contributed by atoms with Gasteiger partial charge < -0.3 is 9.88 Å². The quantitative estimate of drug-likeness (QED) is 0.709. The molecule has 3 aromatic rings. The van der Waals surface area contributed by atoms with Crippen molar-refractivity contribution in [2.24, 2.45) is 0 Å². The molecule has 122 valence electrons. The van der Waals surface area contributed by atoms with E-state index < -0.39 is 0 Å². The van der Waals surface area contributed by atoms with Crippen molar-refractivity contribution in [1.29, 1.82) is 0 Å². The molecule has 24 heavy (non-hydrogen) atoms.